The average molecular weight is 1290 g/mol. The van der Waals surface area contributed by atoms with Gasteiger partial charge in [0.1, 0.15) is 53.8 Å². The monoisotopic (exact) mass is 1290 g/mol. The van der Waals surface area contributed by atoms with E-state index in [9.17, 15) is 59.9 Å². The number of aliphatic hydroxyl groups excluding tert-OH is 2. The number of hydrogen-bond acceptors (Lipinski definition) is 26. The van der Waals surface area contributed by atoms with Crippen molar-refractivity contribution in [3.8, 4) is 0 Å². The Balaban J connectivity index is 1.24. The van der Waals surface area contributed by atoms with Crippen molar-refractivity contribution in [1.29, 1.82) is 0 Å². The number of cyclic esters (lactones) is 1. The number of hydrogen-bond donors (Lipinski definition) is 10. The van der Waals surface area contributed by atoms with E-state index in [1.165, 1.54) is 48.0 Å². The number of carbonyl (C=O) groups is 8. The van der Waals surface area contributed by atoms with Crippen LogP contribution in [0.1, 0.15) is 127 Å². The normalized spacial score (nSPS) is 37.8. The summed E-state index contributed by atoms with van der Waals surface area (Å²) in [7, 11) is 4.08. The van der Waals surface area contributed by atoms with E-state index in [-0.39, 0.29) is 86.9 Å². The number of amides is 6. The van der Waals surface area contributed by atoms with Crippen molar-refractivity contribution in [3.05, 3.63) is 11.8 Å². The zero-order valence-corrected chi connectivity index (χ0v) is 53.3. The van der Waals surface area contributed by atoms with E-state index < -0.39 is 199 Å². The highest BCUT2D eigenvalue weighted by atomic mass is 16.7. The van der Waals surface area contributed by atoms with E-state index in [1.54, 1.807) is 27.7 Å². The lowest BCUT2D eigenvalue weighted by Gasteiger charge is -2.48. The standard InChI is InChI=1S/C58H94N8O24/c1-13-33-54(75)89-46(28(4)5)43(61-55(76)57(9,78)58(79)20-18-32(38(14-2)90-58)48(69)56(8,77)15-3)52(73)63-34(17-16-21-59-63)51(72)66(81)36(27-82-10)50(71)64-35(49(70)62-22-19-37(67)44(62)53(74)65(33)80)23-31(26-60-64)87-41-25-40(84-12)47(30(7)86-41)88-42-24-39(83-11)45(68)29(6)85-42/h23,28-30,32-47,59-60,67-68,77-81H,13-22,24-27H2,1-12H3,(H,61,76)/t29?,30?,32?,33-,34+,35?,36-,37+,38?,39?,40?,41?,42?,43-,44-,45?,46-,47?,56?,57?,58?/m0/s1. The van der Waals surface area contributed by atoms with Gasteiger partial charge in [0.05, 0.1) is 49.8 Å². The molecule has 7 heterocycles. The quantitative estimate of drug-likeness (QED) is 0.0544. The molecule has 510 valence electrons. The lowest BCUT2D eigenvalue weighted by molar-refractivity contribution is -0.326. The zero-order valence-electron chi connectivity index (χ0n) is 53.3. The number of ether oxygens (including phenoxy) is 9. The Morgan fingerprint density at radius 2 is 1.48 bits per heavy atom. The number of nitrogens with zero attached hydrogens (tertiary/aromatic N) is 5. The number of esters is 1. The number of fused-ring (bicyclic) bond motifs is 3. The second-order valence-electron chi connectivity index (χ2n) is 24.9. The third-order valence-corrected chi connectivity index (χ3v) is 18.5. The van der Waals surface area contributed by atoms with Gasteiger partial charge in [0.15, 0.2) is 29.8 Å². The molecular formula is C58H94N8O24. The number of aliphatic hydroxyl groups is 5. The highest BCUT2D eigenvalue weighted by molar-refractivity contribution is 5.98. The minimum absolute atomic E-state index is 0.00242. The molecule has 0 spiro atoms. The van der Waals surface area contributed by atoms with Crippen molar-refractivity contribution < 1.29 is 117 Å². The summed E-state index contributed by atoms with van der Waals surface area (Å²) in [6.07, 6.45) is -10.6. The molecule has 32 nitrogen and oxygen atoms in total. The number of nitrogens with one attached hydrogen (secondary N) is 3. The fourth-order valence-electron chi connectivity index (χ4n) is 12.7. The van der Waals surface area contributed by atoms with Gasteiger partial charge in [-0.1, -0.05) is 34.6 Å². The van der Waals surface area contributed by atoms with Crippen LogP contribution in [0, 0.1) is 11.8 Å². The maximum atomic E-state index is 15.5. The summed E-state index contributed by atoms with van der Waals surface area (Å²) in [4.78, 5) is 119. The van der Waals surface area contributed by atoms with Crippen LogP contribution < -0.4 is 16.2 Å². The first-order valence-electron chi connectivity index (χ1n) is 31.0. The van der Waals surface area contributed by atoms with E-state index in [0.29, 0.717) is 0 Å². The lowest BCUT2D eigenvalue weighted by atomic mass is 9.76. The SMILES string of the molecule is CCC1OC(O)(C(C)(O)C(=O)N[C@@H]2C(=O)N3NCCC[C@@H]3C(=O)N(O)[C@@H](COC)C(=O)N3NCC(OC4CC(OC)C(OC5CC(OC)C(O)C(C)O5)C(C)O4)=CC3C(=O)N3CC[C@@H](O)[C@H]3C(=O)N(O)[C@@H](CC)C(=O)O[C@H]2C(C)C)CCC1C(=O)C(C)(O)CC. The number of ketones is 1. The molecule has 0 bridgehead atoms. The van der Waals surface area contributed by atoms with Gasteiger partial charge in [-0.3, -0.25) is 54.0 Å². The van der Waals surface area contributed by atoms with Gasteiger partial charge < -0.3 is 78.4 Å². The largest absolute Gasteiger partial charge is 0.468 e. The maximum absolute atomic E-state index is 15.5. The second-order valence-corrected chi connectivity index (χ2v) is 24.9. The Labute approximate surface area is 522 Å². The van der Waals surface area contributed by atoms with Gasteiger partial charge in [-0.2, -0.15) is 0 Å². The molecule has 21 atom stereocenters. The number of hydroxylamine groups is 4. The predicted molar refractivity (Wildman–Crippen MR) is 305 cm³/mol. The summed E-state index contributed by atoms with van der Waals surface area (Å²) in [5.41, 5.74) is 0.861. The Morgan fingerprint density at radius 3 is 2.10 bits per heavy atom. The second kappa shape index (κ2) is 29.9. The van der Waals surface area contributed by atoms with Gasteiger partial charge in [0.2, 0.25) is 12.1 Å². The summed E-state index contributed by atoms with van der Waals surface area (Å²) in [5, 5.41) is 85.1. The fourth-order valence-corrected chi connectivity index (χ4v) is 12.7. The van der Waals surface area contributed by atoms with Gasteiger partial charge in [-0.15, -0.1) is 0 Å². The third kappa shape index (κ3) is 14.8. The van der Waals surface area contributed by atoms with Crippen molar-refractivity contribution in [2.75, 3.05) is 47.6 Å². The van der Waals surface area contributed by atoms with Crippen molar-refractivity contribution in [3.63, 3.8) is 0 Å². The van der Waals surface area contributed by atoms with Crippen LogP contribution in [0.15, 0.2) is 11.8 Å². The number of Topliss-reactive ketones (excluding diaryl/α,β-unsaturated/α-hetero) is 1. The molecule has 32 heteroatoms. The first-order valence-corrected chi connectivity index (χ1v) is 31.0. The molecule has 6 amide bonds. The maximum Gasteiger partial charge on any atom is 0.331 e. The molecule has 7 aliphatic rings. The fraction of sp³-hybridized carbons (Fsp3) is 0.828. The molecule has 6 saturated heterocycles. The topological polar surface area (TPSA) is 414 Å². The molecular weight excluding hydrogens is 1190 g/mol. The minimum Gasteiger partial charge on any atom is -0.468 e. The summed E-state index contributed by atoms with van der Waals surface area (Å²) in [5.74, 6) is -14.3. The van der Waals surface area contributed by atoms with Gasteiger partial charge in [-0.25, -0.2) is 25.8 Å². The van der Waals surface area contributed by atoms with Gasteiger partial charge in [0.25, 0.3) is 35.4 Å². The van der Waals surface area contributed by atoms with Crippen molar-refractivity contribution in [2.45, 2.75) is 247 Å². The minimum atomic E-state index is -2.99. The Hall–Kier alpha value is -5.14. The molecule has 0 aromatic heterocycles. The van der Waals surface area contributed by atoms with Crippen LogP contribution in [0.2, 0.25) is 0 Å². The van der Waals surface area contributed by atoms with Crippen molar-refractivity contribution >= 4 is 47.2 Å². The first kappa shape index (κ1) is 72.3. The summed E-state index contributed by atoms with van der Waals surface area (Å²) in [6, 6.07) is -11.6. The predicted octanol–water partition coefficient (Wildman–Crippen LogP) is -2.22. The van der Waals surface area contributed by atoms with Crippen LogP contribution in [0.25, 0.3) is 0 Å². The number of hydrazine groups is 2. The van der Waals surface area contributed by atoms with E-state index >= 15 is 14.4 Å². The van der Waals surface area contributed by atoms with Crippen LogP contribution >= 0.6 is 0 Å². The Morgan fingerprint density at radius 1 is 0.822 bits per heavy atom. The number of methoxy groups -OCH3 is 3. The average Bonchev–Trinajstić information content (AvgIpc) is 0.895. The molecule has 0 aromatic rings. The van der Waals surface area contributed by atoms with Crippen LogP contribution in [0.4, 0.5) is 0 Å². The number of rotatable bonds is 17. The molecule has 10 N–H and O–H groups in total. The van der Waals surface area contributed by atoms with Gasteiger partial charge in [-0.05, 0) is 84.6 Å². The number of carbonyl (C=O) groups excluding carboxylic acids is 8. The summed E-state index contributed by atoms with van der Waals surface area (Å²) >= 11 is 0. The van der Waals surface area contributed by atoms with E-state index in [1.807, 2.05) is 0 Å². The first-order chi connectivity index (χ1) is 42.4. The van der Waals surface area contributed by atoms with Gasteiger partial charge >= 0.3 is 5.97 Å². The van der Waals surface area contributed by atoms with E-state index in [2.05, 4.69) is 16.2 Å². The van der Waals surface area contributed by atoms with Crippen molar-refractivity contribution in [1.82, 2.24) is 41.2 Å². The molecule has 0 aromatic carbocycles. The summed E-state index contributed by atoms with van der Waals surface area (Å²) in [6.45, 7) is 11.7. The zero-order chi connectivity index (χ0) is 66.6. The highest BCUT2D eigenvalue weighted by Gasteiger charge is 2.60. The van der Waals surface area contributed by atoms with Crippen molar-refractivity contribution in [2.24, 2.45) is 11.8 Å². The van der Waals surface area contributed by atoms with Gasteiger partial charge in [0, 0.05) is 59.6 Å². The lowest BCUT2D eigenvalue weighted by Crippen LogP contribution is -2.71. The smallest absolute Gasteiger partial charge is 0.331 e. The molecule has 7 rings (SSSR count). The van der Waals surface area contributed by atoms with Crippen LogP contribution in [0.3, 0.4) is 0 Å². The Bertz CT molecular complexity index is 2620. The van der Waals surface area contributed by atoms with E-state index in [0.717, 1.165) is 29.0 Å². The Kier molecular flexibility index (Phi) is 24.0. The van der Waals surface area contributed by atoms with Crippen LogP contribution in [0.5, 0.6) is 0 Å². The van der Waals surface area contributed by atoms with Crippen LogP contribution in [-0.4, -0.2) is 277 Å². The molecule has 0 aliphatic carbocycles. The molecule has 0 radical (unpaired) electrons. The van der Waals surface area contributed by atoms with Crippen LogP contribution in [-0.2, 0) is 81.0 Å². The molecule has 7 aliphatic heterocycles. The highest BCUT2D eigenvalue weighted by Crippen LogP contribution is 2.42. The molecule has 0 saturated carbocycles. The molecule has 90 heavy (non-hydrogen) atoms. The third-order valence-electron chi connectivity index (χ3n) is 18.5. The van der Waals surface area contributed by atoms with E-state index in [4.69, 9.17) is 42.6 Å². The molecule has 6 fully saturated rings. The summed E-state index contributed by atoms with van der Waals surface area (Å²) < 4.78 is 53.6. The molecule has 14 unspecified atom stereocenters.